The van der Waals surface area contributed by atoms with Crippen LogP contribution in [0.3, 0.4) is 0 Å². The molecule has 0 aromatic heterocycles. The van der Waals surface area contributed by atoms with Gasteiger partial charge in [0.15, 0.2) is 0 Å². The largest absolute Gasteiger partial charge is 0.316 e. The van der Waals surface area contributed by atoms with E-state index in [1.165, 1.54) is 56.2 Å². The Morgan fingerprint density at radius 3 is 2.29 bits per heavy atom. The molecule has 0 amide bonds. The summed E-state index contributed by atoms with van der Waals surface area (Å²) in [4.78, 5) is 0. The van der Waals surface area contributed by atoms with E-state index in [-0.39, 0.29) is 0 Å². The molecule has 1 unspecified atom stereocenters. The summed E-state index contributed by atoms with van der Waals surface area (Å²) >= 11 is 0. The summed E-state index contributed by atoms with van der Waals surface area (Å²) in [6, 6.07) is 9.17. The average Bonchev–Trinajstić information content (AvgIpc) is 2.49. The minimum absolute atomic E-state index is 0.747. The number of benzene rings is 1. The average molecular weight is 287 g/mol. The zero-order chi connectivity index (χ0) is 15.1. The van der Waals surface area contributed by atoms with Crippen molar-refractivity contribution in [2.24, 2.45) is 17.8 Å². The first-order valence-electron chi connectivity index (χ1n) is 8.91. The SMILES string of the molecule is Cc1ccc(CC(CNCC(C)C)C2CCCCC2)cc1. The molecule has 2 rings (SSSR count). The first-order valence-corrected chi connectivity index (χ1v) is 8.91. The van der Waals surface area contributed by atoms with Gasteiger partial charge >= 0.3 is 0 Å². The number of hydrogen-bond acceptors (Lipinski definition) is 1. The number of rotatable bonds is 7. The maximum atomic E-state index is 3.71. The molecular formula is C20H33N. The molecule has 1 fully saturated rings. The van der Waals surface area contributed by atoms with Gasteiger partial charge in [-0.25, -0.2) is 0 Å². The lowest BCUT2D eigenvalue weighted by Crippen LogP contribution is -2.33. The van der Waals surface area contributed by atoms with E-state index in [9.17, 15) is 0 Å². The van der Waals surface area contributed by atoms with E-state index in [0.717, 1.165) is 24.3 Å². The fourth-order valence-electron chi connectivity index (χ4n) is 3.60. The molecule has 1 aromatic carbocycles. The number of aryl methyl sites for hydroxylation is 1. The topological polar surface area (TPSA) is 12.0 Å². The molecule has 0 heterocycles. The van der Waals surface area contributed by atoms with Gasteiger partial charge in [0.25, 0.3) is 0 Å². The highest BCUT2D eigenvalue weighted by Crippen LogP contribution is 2.31. The van der Waals surface area contributed by atoms with Crippen LogP contribution in [0.25, 0.3) is 0 Å². The van der Waals surface area contributed by atoms with Crippen molar-refractivity contribution in [2.45, 2.75) is 59.3 Å². The third-order valence-corrected chi connectivity index (χ3v) is 4.89. The summed E-state index contributed by atoms with van der Waals surface area (Å²) in [6.07, 6.45) is 8.47. The van der Waals surface area contributed by atoms with Gasteiger partial charge in [0.2, 0.25) is 0 Å². The van der Waals surface area contributed by atoms with Gasteiger partial charge in [-0.15, -0.1) is 0 Å². The second-order valence-electron chi connectivity index (χ2n) is 7.40. The van der Waals surface area contributed by atoms with Crippen LogP contribution in [0.2, 0.25) is 0 Å². The molecular weight excluding hydrogens is 254 g/mol. The molecule has 1 atom stereocenters. The standard InChI is InChI=1S/C20H33N/c1-16(2)14-21-15-20(19-7-5-4-6-8-19)13-18-11-9-17(3)10-12-18/h9-12,16,19-21H,4-8,13-15H2,1-3H3. The van der Waals surface area contributed by atoms with Crippen LogP contribution < -0.4 is 5.32 Å². The minimum Gasteiger partial charge on any atom is -0.316 e. The second kappa shape index (κ2) is 8.58. The molecule has 0 spiro atoms. The van der Waals surface area contributed by atoms with E-state index in [0.29, 0.717) is 0 Å². The third kappa shape index (κ3) is 5.82. The van der Waals surface area contributed by atoms with Gasteiger partial charge in [0.05, 0.1) is 0 Å². The van der Waals surface area contributed by atoms with Crippen LogP contribution in [0.1, 0.15) is 57.1 Å². The monoisotopic (exact) mass is 287 g/mol. The van der Waals surface area contributed by atoms with Crippen LogP contribution in [0.5, 0.6) is 0 Å². The van der Waals surface area contributed by atoms with Crippen LogP contribution in [0.15, 0.2) is 24.3 Å². The van der Waals surface area contributed by atoms with Crippen molar-refractivity contribution in [1.29, 1.82) is 0 Å². The van der Waals surface area contributed by atoms with Crippen molar-refractivity contribution in [3.8, 4) is 0 Å². The smallest absolute Gasteiger partial charge is 0.00146 e. The Kier molecular flexibility index (Phi) is 6.76. The molecule has 0 radical (unpaired) electrons. The Balaban J connectivity index is 1.94. The van der Waals surface area contributed by atoms with Crippen molar-refractivity contribution >= 4 is 0 Å². The molecule has 1 saturated carbocycles. The van der Waals surface area contributed by atoms with Gasteiger partial charge in [-0.05, 0) is 49.8 Å². The molecule has 1 N–H and O–H groups in total. The highest BCUT2D eigenvalue weighted by atomic mass is 14.9. The van der Waals surface area contributed by atoms with Gasteiger partial charge in [0.1, 0.15) is 0 Å². The van der Waals surface area contributed by atoms with Crippen molar-refractivity contribution in [3.63, 3.8) is 0 Å². The molecule has 0 aliphatic heterocycles. The Bertz CT molecular complexity index is 387. The summed E-state index contributed by atoms with van der Waals surface area (Å²) in [5.41, 5.74) is 2.88. The predicted octanol–water partition coefficient (Wildman–Crippen LogP) is 4.98. The summed E-state index contributed by atoms with van der Waals surface area (Å²) in [5.74, 6) is 2.49. The highest BCUT2D eigenvalue weighted by Gasteiger charge is 2.23. The molecule has 1 aliphatic rings. The van der Waals surface area contributed by atoms with E-state index < -0.39 is 0 Å². The first kappa shape index (κ1) is 16.5. The van der Waals surface area contributed by atoms with Crippen molar-refractivity contribution in [3.05, 3.63) is 35.4 Å². The lowest BCUT2D eigenvalue weighted by Gasteiger charge is -2.31. The van der Waals surface area contributed by atoms with Crippen molar-refractivity contribution in [2.75, 3.05) is 13.1 Å². The Hall–Kier alpha value is -0.820. The molecule has 118 valence electrons. The zero-order valence-corrected chi connectivity index (χ0v) is 14.2. The van der Waals surface area contributed by atoms with Crippen LogP contribution in [-0.4, -0.2) is 13.1 Å². The predicted molar refractivity (Wildman–Crippen MR) is 92.7 cm³/mol. The Morgan fingerprint density at radius 2 is 1.67 bits per heavy atom. The Labute approximate surface area is 131 Å². The van der Waals surface area contributed by atoms with Crippen LogP contribution in [0.4, 0.5) is 0 Å². The van der Waals surface area contributed by atoms with Gasteiger partial charge < -0.3 is 5.32 Å². The highest BCUT2D eigenvalue weighted by molar-refractivity contribution is 5.21. The Morgan fingerprint density at radius 1 is 1.00 bits per heavy atom. The van der Waals surface area contributed by atoms with Gasteiger partial charge in [-0.1, -0.05) is 75.8 Å². The zero-order valence-electron chi connectivity index (χ0n) is 14.2. The summed E-state index contributed by atoms with van der Waals surface area (Å²) < 4.78 is 0. The molecule has 0 bridgehead atoms. The molecule has 21 heavy (non-hydrogen) atoms. The van der Waals surface area contributed by atoms with E-state index in [1.807, 2.05) is 0 Å². The molecule has 1 heteroatoms. The van der Waals surface area contributed by atoms with Crippen LogP contribution in [0, 0.1) is 24.7 Å². The number of hydrogen-bond donors (Lipinski definition) is 1. The second-order valence-corrected chi connectivity index (χ2v) is 7.40. The fourth-order valence-corrected chi connectivity index (χ4v) is 3.60. The third-order valence-electron chi connectivity index (χ3n) is 4.89. The molecule has 1 nitrogen and oxygen atoms in total. The first-order chi connectivity index (χ1) is 10.1. The molecule has 0 saturated heterocycles. The summed E-state index contributed by atoms with van der Waals surface area (Å²) in [6.45, 7) is 9.10. The summed E-state index contributed by atoms with van der Waals surface area (Å²) in [7, 11) is 0. The lowest BCUT2D eigenvalue weighted by atomic mass is 9.77. The van der Waals surface area contributed by atoms with E-state index in [2.05, 4.69) is 50.4 Å². The van der Waals surface area contributed by atoms with Crippen LogP contribution in [-0.2, 0) is 6.42 Å². The van der Waals surface area contributed by atoms with E-state index >= 15 is 0 Å². The quantitative estimate of drug-likeness (QED) is 0.746. The maximum Gasteiger partial charge on any atom is -0.00146 e. The molecule has 1 aromatic rings. The summed E-state index contributed by atoms with van der Waals surface area (Å²) in [5, 5.41) is 3.71. The van der Waals surface area contributed by atoms with Gasteiger partial charge in [0, 0.05) is 0 Å². The fraction of sp³-hybridized carbons (Fsp3) is 0.700. The van der Waals surface area contributed by atoms with Gasteiger partial charge in [-0.2, -0.15) is 0 Å². The van der Waals surface area contributed by atoms with Crippen LogP contribution >= 0.6 is 0 Å². The minimum atomic E-state index is 0.747. The van der Waals surface area contributed by atoms with Crippen molar-refractivity contribution in [1.82, 2.24) is 5.32 Å². The normalized spacial score (nSPS) is 18.1. The maximum absolute atomic E-state index is 3.71. The van der Waals surface area contributed by atoms with Crippen molar-refractivity contribution < 1.29 is 0 Å². The number of nitrogens with one attached hydrogen (secondary N) is 1. The van der Waals surface area contributed by atoms with E-state index in [4.69, 9.17) is 0 Å². The van der Waals surface area contributed by atoms with E-state index in [1.54, 1.807) is 0 Å². The molecule has 1 aliphatic carbocycles. The lowest BCUT2D eigenvalue weighted by molar-refractivity contribution is 0.238. The van der Waals surface area contributed by atoms with Gasteiger partial charge in [-0.3, -0.25) is 0 Å².